The summed E-state index contributed by atoms with van der Waals surface area (Å²) in [5, 5.41) is 13.0. The number of hydrogen-bond acceptors (Lipinski definition) is 5. The maximum absolute atomic E-state index is 12.3. The fourth-order valence-electron chi connectivity index (χ4n) is 2.99. The van der Waals surface area contributed by atoms with E-state index in [1.54, 1.807) is 0 Å². The van der Waals surface area contributed by atoms with Gasteiger partial charge in [0, 0.05) is 13.2 Å². The van der Waals surface area contributed by atoms with E-state index in [0.717, 1.165) is 35.6 Å². The van der Waals surface area contributed by atoms with Crippen molar-refractivity contribution >= 4 is 23.2 Å². The van der Waals surface area contributed by atoms with E-state index >= 15 is 0 Å². The van der Waals surface area contributed by atoms with Crippen molar-refractivity contribution in [1.29, 1.82) is 0 Å². The second-order valence-electron chi connectivity index (χ2n) is 6.50. The third-order valence-electron chi connectivity index (χ3n) is 4.38. The van der Waals surface area contributed by atoms with Gasteiger partial charge in [0.1, 0.15) is 16.0 Å². The van der Waals surface area contributed by atoms with Gasteiger partial charge in [0.2, 0.25) is 0 Å². The fourth-order valence-corrected chi connectivity index (χ4v) is 3.91. The van der Waals surface area contributed by atoms with Gasteiger partial charge in [0.25, 0.3) is 5.91 Å². The van der Waals surface area contributed by atoms with E-state index < -0.39 is 11.9 Å². The van der Waals surface area contributed by atoms with E-state index in [4.69, 9.17) is 4.74 Å². The molecule has 1 saturated heterocycles. The van der Waals surface area contributed by atoms with Crippen molar-refractivity contribution in [3.8, 4) is 0 Å². The summed E-state index contributed by atoms with van der Waals surface area (Å²) >= 11 is 1.31. The molecule has 6 nitrogen and oxygen atoms in total. The van der Waals surface area contributed by atoms with Gasteiger partial charge in [-0.2, -0.15) is 0 Å². The molecule has 2 unspecified atom stereocenters. The Labute approximate surface area is 156 Å². The van der Waals surface area contributed by atoms with Crippen molar-refractivity contribution in [2.24, 2.45) is 5.92 Å². The predicted octanol–water partition coefficient (Wildman–Crippen LogP) is 2.98. The molecule has 0 spiro atoms. The Balaban J connectivity index is 1.58. The largest absolute Gasteiger partial charge is 0.481 e. The standard InChI is InChI=1S/C19H22N2O4S/c1-12-4-2-5-13(8-12)9-14(19(23)24)10-20-17(22)16-11-21-18(26-16)15-6-3-7-25-15/h2,4-5,8,11,14-15H,3,6-7,9-10H2,1H3,(H,20,22)(H,23,24). The Morgan fingerprint density at radius 1 is 1.46 bits per heavy atom. The Morgan fingerprint density at radius 2 is 2.31 bits per heavy atom. The summed E-state index contributed by atoms with van der Waals surface area (Å²) < 4.78 is 5.58. The highest BCUT2D eigenvalue weighted by Crippen LogP contribution is 2.31. The highest BCUT2D eigenvalue weighted by Gasteiger charge is 2.24. The number of ether oxygens (including phenoxy) is 1. The van der Waals surface area contributed by atoms with E-state index in [1.165, 1.54) is 17.5 Å². The average molecular weight is 374 g/mol. The zero-order chi connectivity index (χ0) is 18.5. The zero-order valence-corrected chi connectivity index (χ0v) is 15.4. The SMILES string of the molecule is Cc1cccc(CC(CNC(=O)c2cnc(C3CCCO3)s2)C(=O)O)c1. The minimum atomic E-state index is -0.920. The van der Waals surface area contributed by atoms with Crippen LogP contribution in [0.3, 0.4) is 0 Å². The van der Waals surface area contributed by atoms with Gasteiger partial charge in [-0.05, 0) is 31.7 Å². The minimum absolute atomic E-state index is 0.0189. The van der Waals surface area contributed by atoms with Crippen molar-refractivity contribution in [3.05, 3.63) is 51.5 Å². The number of amides is 1. The highest BCUT2D eigenvalue weighted by atomic mass is 32.1. The van der Waals surface area contributed by atoms with Gasteiger partial charge in [0.15, 0.2) is 0 Å². The molecule has 138 valence electrons. The Morgan fingerprint density at radius 3 is 3.00 bits per heavy atom. The van der Waals surface area contributed by atoms with E-state index in [-0.39, 0.29) is 18.6 Å². The molecule has 7 heteroatoms. The van der Waals surface area contributed by atoms with Gasteiger partial charge in [-0.3, -0.25) is 9.59 Å². The molecular weight excluding hydrogens is 352 g/mol. The number of nitrogens with zero attached hydrogens (tertiary/aromatic N) is 1. The quantitative estimate of drug-likeness (QED) is 0.778. The molecule has 2 heterocycles. The Kier molecular flexibility index (Phi) is 6.00. The van der Waals surface area contributed by atoms with Gasteiger partial charge >= 0.3 is 5.97 Å². The third-order valence-corrected chi connectivity index (χ3v) is 5.46. The van der Waals surface area contributed by atoms with Crippen LogP contribution in [0.1, 0.15) is 44.8 Å². The maximum Gasteiger partial charge on any atom is 0.308 e. The molecular formula is C19H22N2O4S. The number of carbonyl (C=O) groups excluding carboxylic acids is 1. The maximum atomic E-state index is 12.3. The lowest BCUT2D eigenvalue weighted by Gasteiger charge is -2.13. The summed E-state index contributed by atoms with van der Waals surface area (Å²) in [7, 11) is 0. The van der Waals surface area contributed by atoms with Gasteiger partial charge in [-0.1, -0.05) is 29.8 Å². The smallest absolute Gasteiger partial charge is 0.308 e. The predicted molar refractivity (Wildman–Crippen MR) is 98.4 cm³/mol. The number of thiazole rings is 1. The molecule has 2 N–H and O–H groups in total. The van der Waals surface area contributed by atoms with Crippen molar-refractivity contribution in [1.82, 2.24) is 10.3 Å². The number of benzene rings is 1. The Bertz CT molecular complexity index is 783. The number of carbonyl (C=O) groups is 2. The molecule has 1 aromatic carbocycles. The third kappa shape index (κ3) is 4.68. The van der Waals surface area contributed by atoms with Crippen LogP contribution >= 0.6 is 11.3 Å². The molecule has 0 radical (unpaired) electrons. The first-order chi connectivity index (χ1) is 12.5. The summed E-state index contributed by atoms with van der Waals surface area (Å²) in [6, 6.07) is 7.75. The van der Waals surface area contributed by atoms with Gasteiger partial charge in [-0.15, -0.1) is 11.3 Å². The number of aromatic nitrogens is 1. The van der Waals surface area contributed by atoms with Crippen LogP contribution in [0.25, 0.3) is 0 Å². The molecule has 1 fully saturated rings. The topological polar surface area (TPSA) is 88.5 Å². The first kappa shape index (κ1) is 18.5. The molecule has 1 amide bonds. The molecule has 0 saturated carbocycles. The van der Waals surface area contributed by atoms with Crippen LogP contribution in [0.2, 0.25) is 0 Å². The number of hydrogen-bond donors (Lipinski definition) is 2. The summed E-state index contributed by atoms with van der Waals surface area (Å²) in [5.41, 5.74) is 2.03. The molecule has 2 atom stereocenters. The van der Waals surface area contributed by atoms with Crippen molar-refractivity contribution < 1.29 is 19.4 Å². The molecule has 2 aromatic rings. The number of aliphatic carboxylic acids is 1. The number of nitrogens with one attached hydrogen (secondary N) is 1. The number of carboxylic acid groups (broad SMARTS) is 1. The van der Waals surface area contributed by atoms with E-state index in [0.29, 0.717) is 11.3 Å². The summed E-state index contributed by atoms with van der Waals surface area (Å²) in [6.07, 6.45) is 3.82. The summed E-state index contributed by atoms with van der Waals surface area (Å²) in [5.74, 6) is -1.88. The minimum Gasteiger partial charge on any atom is -0.481 e. The highest BCUT2D eigenvalue weighted by molar-refractivity contribution is 7.13. The summed E-state index contributed by atoms with van der Waals surface area (Å²) in [6.45, 7) is 2.77. The molecule has 1 aliphatic heterocycles. The van der Waals surface area contributed by atoms with Crippen LogP contribution in [0.15, 0.2) is 30.5 Å². The van der Waals surface area contributed by atoms with Crippen LogP contribution in [-0.2, 0) is 16.0 Å². The Hall–Kier alpha value is -2.25. The van der Waals surface area contributed by atoms with Crippen LogP contribution in [-0.4, -0.2) is 35.1 Å². The van der Waals surface area contributed by atoms with Crippen molar-refractivity contribution in [2.45, 2.75) is 32.3 Å². The molecule has 0 aliphatic carbocycles. The molecule has 1 aliphatic rings. The number of carboxylic acids is 1. The lowest BCUT2D eigenvalue weighted by molar-refractivity contribution is -0.141. The monoisotopic (exact) mass is 374 g/mol. The van der Waals surface area contributed by atoms with E-state index in [9.17, 15) is 14.7 Å². The van der Waals surface area contributed by atoms with Gasteiger partial charge in [0.05, 0.1) is 12.1 Å². The second-order valence-corrected chi connectivity index (χ2v) is 7.57. The average Bonchev–Trinajstić information content (AvgIpc) is 3.28. The van der Waals surface area contributed by atoms with Crippen LogP contribution in [0.4, 0.5) is 0 Å². The van der Waals surface area contributed by atoms with E-state index in [1.807, 2.05) is 31.2 Å². The van der Waals surface area contributed by atoms with E-state index in [2.05, 4.69) is 10.3 Å². The van der Waals surface area contributed by atoms with Crippen LogP contribution in [0.5, 0.6) is 0 Å². The van der Waals surface area contributed by atoms with Crippen LogP contribution in [0, 0.1) is 12.8 Å². The first-order valence-electron chi connectivity index (χ1n) is 8.67. The molecule has 1 aromatic heterocycles. The number of rotatable bonds is 7. The van der Waals surface area contributed by atoms with Gasteiger partial charge in [-0.25, -0.2) is 4.98 Å². The number of aryl methyl sites for hydroxylation is 1. The van der Waals surface area contributed by atoms with Crippen LogP contribution < -0.4 is 5.32 Å². The fraction of sp³-hybridized carbons (Fsp3) is 0.421. The normalized spacial score (nSPS) is 17.8. The zero-order valence-electron chi connectivity index (χ0n) is 14.6. The molecule has 0 bridgehead atoms. The molecule has 26 heavy (non-hydrogen) atoms. The second kappa shape index (κ2) is 8.42. The first-order valence-corrected chi connectivity index (χ1v) is 9.48. The lowest BCUT2D eigenvalue weighted by atomic mass is 9.98. The lowest BCUT2D eigenvalue weighted by Crippen LogP contribution is -2.33. The summed E-state index contributed by atoms with van der Waals surface area (Å²) in [4.78, 5) is 28.6. The van der Waals surface area contributed by atoms with Crippen molar-refractivity contribution in [3.63, 3.8) is 0 Å². The molecule has 3 rings (SSSR count). The van der Waals surface area contributed by atoms with Crippen molar-refractivity contribution in [2.75, 3.05) is 13.2 Å². The van der Waals surface area contributed by atoms with Gasteiger partial charge < -0.3 is 15.2 Å².